The minimum atomic E-state index is -0.391. The Morgan fingerprint density at radius 1 is 1.23 bits per heavy atom. The molecule has 3 heterocycles. The van der Waals surface area contributed by atoms with Crippen LogP contribution in [0.4, 0.5) is 5.13 Å². The van der Waals surface area contributed by atoms with Gasteiger partial charge in [-0.3, -0.25) is 14.8 Å². The average molecular weight is 423 g/mol. The fourth-order valence-corrected chi connectivity index (χ4v) is 3.60. The van der Waals surface area contributed by atoms with Gasteiger partial charge in [-0.25, -0.2) is 4.98 Å². The van der Waals surface area contributed by atoms with Crippen LogP contribution in [0.1, 0.15) is 33.1 Å². The molecule has 4 rings (SSSR count). The second kappa shape index (κ2) is 8.11. The molecule has 0 saturated heterocycles. The second-order valence-corrected chi connectivity index (χ2v) is 7.79. The average Bonchev–Trinajstić information content (AvgIpc) is 3.42. The van der Waals surface area contributed by atoms with Crippen molar-refractivity contribution >= 4 is 22.4 Å². The standard InChI is InChI=1S/C21H21N5O3S/c1-12-5-7-15(8-6-12)28-10-17-14(3)29-25-19(17)20(27)24-21-23-18(11-30-21)16-9-22-26(4)13(16)2/h5-9,11H,10H2,1-4H3,(H,23,24,27). The lowest BCUT2D eigenvalue weighted by molar-refractivity contribution is 0.101. The summed E-state index contributed by atoms with van der Waals surface area (Å²) in [5.74, 6) is 0.861. The summed E-state index contributed by atoms with van der Waals surface area (Å²) in [5.41, 5.74) is 4.63. The van der Waals surface area contributed by atoms with E-state index in [0.717, 1.165) is 22.5 Å². The minimum Gasteiger partial charge on any atom is -0.489 e. The number of amides is 1. The van der Waals surface area contributed by atoms with Crippen LogP contribution in [0.15, 0.2) is 40.4 Å². The molecule has 1 N–H and O–H groups in total. The van der Waals surface area contributed by atoms with Gasteiger partial charge in [-0.2, -0.15) is 5.10 Å². The molecule has 0 saturated carbocycles. The van der Waals surface area contributed by atoms with Crippen molar-refractivity contribution in [1.29, 1.82) is 0 Å². The summed E-state index contributed by atoms with van der Waals surface area (Å²) in [5, 5.41) is 13.3. The molecule has 4 aromatic rings. The van der Waals surface area contributed by atoms with Gasteiger partial charge in [0.15, 0.2) is 10.8 Å². The Morgan fingerprint density at radius 2 is 2.00 bits per heavy atom. The molecule has 3 aromatic heterocycles. The van der Waals surface area contributed by atoms with Crippen LogP contribution in [0.25, 0.3) is 11.3 Å². The summed E-state index contributed by atoms with van der Waals surface area (Å²) < 4.78 is 12.8. The first-order valence-electron chi connectivity index (χ1n) is 9.33. The summed E-state index contributed by atoms with van der Waals surface area (Å²) in [6.07, 6.45) is 1.76. The van der Waals surface area contributed by atoms with Gasteiger partial charge in [-0.15, -0.1) is 11.3 Å². The van der Waals surface area contributed by atoms with Gasteiger partial charge in [0, 0.05) is 23.7 Å². The van der Waals surface area contributed by atoms with Crippen LogP contribution in [0.2, 0.25) is 0 Å². The third kappa shape index (κ3) is 3.97. The van der Waals surface area contributed by atoms with Gasteiger partial charge in [-0.05, 0) is 32.9 Å². The molecule has 0 aliphatic carbocycles. The SMILES string of the molecule is Cc1ccc(OCc2c(C(=O)Nc3nc(-c4cnn(C)c4C)cs3)noc2C)cc1. The summed E-state index contributed by atoms with van der Waals surface area (Å²) in [7, 11) is 1.88. The number of aryl methyl sites for hydroxylation is 3. The predicted molar refractivity (Wildman–Crippen MR) is 114 cm³/mol. The molecule has 0 unspecified atom stereocenters. The number of nitrogens with zero attached hydrogens (tertiary/aromatic N) is 4. The van der Waals surface area contributed by atoms with Gasteiger partial charge in [0.05, 0.1) is 17.5 Å². The Hall–Kier alpha value is -3.46. The highest BCUT2D eigenvalue weighted by molar-refractivity contribution is 7.14. The third-order valence-electron chi connectivity index (χ3n) is 4.84. The van der Waals surface area contributed by atoms with Gasteiger partial charge in [0.1, 0.15) is 18.1 Å². The van der Waals surface area contributed by atoms with Crippen molar-refractivity contribution in [1.82, 2.24) is 19.9 Å². The Bertz CT molecular complexity index is 1190. The number of hydrogen-bond donors (Lipinski definition) is 1. The zero-order chi connectivity index (χ0) is 21.3. The fraction of sp³-hybridized carbons (Fsp3) is 0.238. The highest BCUT2D eigenvalue weighted by atomic mass is 32.1. The molecule has 154 valence electrons. The lowest BCUT2D eigenvalue weighted by Crippen LogP contribution is -2.15. The number of hydrogen-bond acceptors (Lipinski definition) is 7. The quantitative estimate of drug-likeness (QED) is 0.497. The van der Waals surface area contributed by atoms with Gasteiger partial charge in [0.25, 0.3) is 5.91 Å². The lowest BCUT2D eigenvalue weighted by atomic mass is 10.2. The fourth-order valence-electron chi connectivity index (χ4n) is 2.89. The summed E-state index contributed by atoms with van der Waals surface area (Å²) in [6.45, 7) is 5.91. The maximum atomic E-state index is 12.8. The van der Waals surface area contributed by atoms with Crippen molar-refractivity contribution in [2.45, 2.75) is 27.4 Å². The van der Waals surface area contributed by atoms with Crippen molar-refractivity contribution in [3.8, 4) is 17.0 Å². The van der Waals surface area contributed by atoms with Crippen LogP contribution in [-0.2, 0) is 13.7 Å². The molecular formula is C21H21N5O3S. The first-order valence-corrected chi connectivity index (χ1v) is 10.2. The monoisotopic (exact) mass is 423 g/mol. The van der Waals surface area contributed by atoms with E-state index in [4.69, 9.17) is 9.26 Å². The molecule has 8 nitrogen and oxygen atoms in total. The molecule has 30 heavy (non-hydrogen) atoms. The highest BCUT2D eigenvalue weighted by Gasteiger charge is 2.22. The lowest BCUT2D eigenvalue weighted by Gasteiger charge is -2.07. The molecule has 0 spiro atoms. The first-order chi connectivity index (χ1) is 14.4. The summed E-state index contributed by atoms with van der Waals surface area (Å²) in [4.78, 5) is 17.3. The van der Waals surface area contributed by atoms with Gasteiger partial charge < -0.3 is 9.26 Å². The molecule has 0 bridgehead atoms. The Kier molecular flexibility index (Phi) is 5.37. The van der Waals surface area contributed by atoms with Crippen LogP contribution in [0.3, 0.4) is 0 Å². The number of carbonyl (C=O) groups is 1. The Labute approximate surface area is 177 Å². The number of aromatic nitrogens is 4. The van der Waals surface area contributed by atoms with Crippen molar-refractivity contribution in [2.24, 2.45) is 7.05 Å². The van der Waals surface area contributed by atoms with Crippen LogP contribution in [0, 0.1) is 20.8 Å². The zero-order valence-electron chi connectivity index (χ0n) is 17.1. The molecule has 0 atom stereocenters. The normalized spacial score (nSPS) is 10.9. The molecule has 0 fully saturated rings. The highest BCUT2D eigenvalue weighted by Crippen LogP contribution is 2.27. The number of ether oxygens (including phenoxy) is 1. The van der Waals surface area contributed by atoms with E-state index in [1.54, 1.807) is 17.8 Å². The van der Waals surface area contributed by atoms with Crippen LogP contribution >= 0.6 is 11.3 Å². The molecule has 0 aliphatic rings. The number of thiazole rings is 1. The van der Waals surface area contributed by atoms with E-state index in [-0.39, 0.29) is 12.3 Å². The smallest absolute Gasteiger partial charge is 0.280 e. The molecule has 1 amide bonds. The molecule has 0 radical (unpaired) electrons. The molecule has 9 heteroatoms. The number of benzene rings is 1. The first kappa shape index (κ1) is 19.8. The Balaban J connectivity index is 1.48. The number of anilines is 1. The molecule has 0 aliphatic heterocycles. The zero-order valence-corrected chi connectivity index (χ0v) is 17.9. The third-order valence-corrected chi connectivity index (χ3v) is 5.60. The topological polar surface area (TPSA) is 95.1 Å². The van der Waals surface area contributed by atoms with Gasteiger partial charge >= 0.3 is 0 Å². The van der Waals surface area contributed by atoms with E-state index in [1.165, 1.54) is 11.3 Å². The van der Waals surface area contributed by atoms with E-state index in [0.29, 0.717) is 22.2 Å². The second-order valence-electron chi connectivity index (χ2n) is 6.93. The van der Waals surface area contributed by atoms with E-state index < -0.39 is 5.91 Å². The van der Waals surface area contributed by atoms with Crippen LogP contribution in [0.5, 0.6) is 5.75 Å². The maximum absolute atomic E-state index is 12.8. The van der Waals surface area contributed by atoms with E-state index in [2.05, 4.69) is 20.6 Å². The number of nitrogens with one attached hydrogen (secondary N) is 1. The van der Waals surface area contributed by atoms with E-state index in [9.17, 15) is 4.79 Å². The van der Waals surface area contributed by atoms with Crippen molar-refractivity contribution in [2.75, 3.05) is 5.32 Å². The maximum Gasteiger partial charge on any atom is 0.280 e. The van der Waals surface area contributed by atoms with E-state index in [1.807, 2.05) is 50.5 Å². The summed E-state index contributed by atoms with van der Waals surface area (Å²) in [6, 6.07) is 7.70. The van der Waals surface area contributed by atoms with Crippen LogP contribution in [-0.4, -0.2) is 25.8 Å². The predicted octanol–water partition coefficient (Wildman–Crippen LogP) is 4.29. The van der Waals surface area contributed by atoms with Crippen molar-refractivity contribution in [3.05, 3.63) is 64.1 Å². The van der Waals surface area contributed by atoms with Crippen molar-refractivity contribution < 1.29 is 14.1 Å². The molecular weight excluding hydrogens is 402 g/mol. The van der Waals surface area contributed by atoms with Gasteiger partial charge in [-0.1, -0.05) is 22.9 Å². The summed E-state index contributed by atoms with van der Waals surface area (Å²) >= 11 is 1.34. The minimum absolute atomic E-state index is 0.180. The number of rotatable bonds is 6. The number of carbonyl (C=O) groups excluding carboxylic acids is 1. The van der Waals surface area contributed by atoms with E-state index >= 15 is 0 Å². The van der Waals surface area contributed by atoms with Crippen LogP contribution < -0.4 is 10.1 Å². The van der Waals surface area contributed by atoms with Gasteiger partial charge in [0.2, 0.25) is 0 Å². The van der Waals surface area contributed by atoms with Crippen molar-refractivity contribution in [3.63, 3.8) is 0 Å². The Morgan fingerprint density at radius 3 is 2.70 bits per heavy atom. The largest absolute Gasteiger partial charge is 0.489 e. The molecule has 1 aromatic carbocycles.